The van der Waals surface area contributed by atoms with E-state index in [1.54, 1.807) is 12.1 Å². The minimum absolute atomic E-state index is 0.0150. The largest absolute Gasteiger partial charge is 0.379 e. The second-order valence-corrected chi connectivity index (χ2v) is 6.60. The summed E-state index contributed by atoms with van der Waals surface area (Å²) in [5, 5.41) is 8.54. The van der Waals surface area contributed by atoms with E-state index < -0.39 is 10.0 Å². The summed E-state index contributed by atoms with van der Waals surface area (Å²) in [5.41, 5.74) is 3.15. The van der Waals surface area contributed by atoms with Crippen LogP contribution in [0.5, 0.6) is 0 Å². The monoisotopic (exact) mass is 304 g/mol. The van der Waals surface area contributed by atoms with Gasteiger partial charge in [0.25, 0.3) is 0 Å². The van der Waals surface area contributed by atoms with Gasteiger partial charge in [-0.15, -0.1) is 0 Å². The van der Waals surface area contributed by atoms with Crippen LogP contribution in [0.2, 0.25) is 0 Å². The molecule has 5 heteroatoms. The third kappa shape index (κ3) is 4.06. The van der Waals surface area contributed by atoms with Crippen molar-refractivity contribution in [2.75, 3.05) is 5.32 Å². The fraction of sp³-hybridized carbons (Fsp3) is 0.250. The Morgan fingerprint density at radius 2 is 1.86 bits per heavy atom. The predicted octanol–water partition coefficient (Wildman–Crippen LogP) is 3.07. The van der Waals surface area contributed by atoms with Crippen LogP contribution in [0.1, 0.15) is 31.0 Å². The van der Waals surface area contributed by atoms with Crippen LogP contribution in [0.15, 0.2) is 53.4 Å². The molecule has 0 aromatic heterocycles. The molecule has 0 heterocycles. The van der Waals surface area contributed by atoms with Gasteiger partial charge in [-0.1, -0.05) is 31.2 Å². The number of nitrogens with two attached hydrogens (primary N) is 1. The van der Waals surface area contributed by atoms with Gasteiger partial charge in [0.05, 0.1) is 4.90 Å². The summed E-state index contributed by atoms with van der Waals surface area (Å²) in [4.78, 5) is 0.135. The van der Waals surface area contributed by atoms with Gasteiger partial charge in [0.15, 0.2) is 0 Å². The van der Waals surface area contributed by atoms with E-state index >= 15 is 0 Å². The van der Waals surface area contributed by atoms with Crippen LogP contribution in [0.3, 0.4) is 0 Å². The Labute approximate surface area is 126 Å². The molecule has 1 atom stereocenters. The van der Waals surface area contributed by atoms with Crippen LogP contribution in [-0.2, 0) is 16.4 Å². The Morgan fingerprint density at radius 1 is 1.14 bits per heavy atom. The van der Waals surface area contributed by atoms with Crippen molar-refractivity contribution in [2.45, 2.75) is 31.2 Å². The van der Waals surface area contributed by atoms with Gasteiger partial charge in [-0.3, -0.25) is 0 Å². The lowest BCUT2D eigenvalue weighted by Gasteiger charge is -2.17. The minimum atomic E-state index is -3.67. The van der Waals surface area contributed by atoms with E-state index in [4.69, 9.17) is 5.14 Å². The number of benzene rings is 2. The molecule has 4 nitrogen and oxygen atoms in total. The van der Waals surface area contributed by atoms with Gasteiger partial charge in [-0.25, -0.2) is 13.6 Å². The number of sulfonamides is 1. The van der Waals surface area contributed by atoms with Crippen molar-refractivity contribution in [3.05, 3.63) is 59.7 Å². The molecule has 0 spiro atoms. The molecule has 0 amide bonds. The van der Waals surface area contributed by atoms with Gasteiger partial charge in [-0.05, 0) is 48.7 Å². The van der Waals surface area contributed by atoms with Crippen molar-refractivity contribution >= 4 is 15.7 Å². The molecule has 112 valence electrons. The highest BCUT2D eigenvalue weighted by Gasteiger charge is 2.11. The van der Waals surface area contributed by atoms with Crippen LogP contribution in [0.4, 0.5) is 5.69 Å². The third-order valence-electron chi connectivity index (χ3n) is 3.41. The molecule has 2 rings (SSSR count). The van der Waals surface area contributed by atoms with Crippen LogP contribution in [-0.4, -0.2) is 8.42 Å². The number of primary sulfonamides is 1. The van der Waals surface area contributed by atoms with Crippen LogP contribution < -0.4 is 10.5 Å². The van der Waals surface area contributed by atoms with Crippen molar-refractivity contribution in [1.82, 2.24) is 0 Å². The zero-order chi connectivity index (χ0) is 15.5. The van der Waals surface area contributed by atoms with E-state index in [1.165, 1.54) is 11.6 Å². The lowest BCUT2D eigenvalue weighted by Crippen LogP contribution is -2.13. The van der Waals surface area contributed by atoms with Gasteiger partial charge >= 0.3 is 0 Å². The number of nitrogens with one attached hydrogen (secondary N) is 1. The van der Waals surface area contributed by atoms with E-state index in [-0.39, 0.29) is 10.9 Å². The maximum Gasteiger partial charge on any atom is 0.238 e. The average molecular weight is 304 g/mol. The molecule has 0 aliphatic carbocycles. The van der Waals surface area contributed by atoms with Crippen LogP contribution in [0, 0.1) is 0 Å². The van der Waals surface area contributed by atoms with E-state index in [2.05, 4.69) is 24.4 Å². The number of hydrogen-bond acceptors (Lipinski definition) is 3. The Morgan fingerprint density at radius 3 is 2.52 bits per heavy atom. The summed E-state index contributed by atoms with van der Waals surface area (Å²) in [7, 11) is -3.67. The highest BCUT2D eigenvalue weighted by molar-refractivity contribution is 7.89. The maximum absolute atomic E-state index is 11.4. The van der Waals surface area contributed by atoms with Gasteiger partial charge in [0.1, 0.15) is 0 Å². The first-order valence-electron chi connectivity index (χ1n) is 6.88. The first-order valence-corrected chi connectivity index (χ1v) is 8.43. The Hall–Kier alpha value is -1.85. The summed E-state index contributed by atoms with van der Waals surface area (Å²) < 4.78 is 22.8. The van der Waals surface area contributed by atoms with E-state index in [1.807, 2.05) is 25.1 Å². The van der Waals surface area contributed by atoms with E-state index in [9.17, 15) is 8.42 Å². The highest BCUT2D eigenvalue weighted by atomic mass is 32.2. The second kappa shape index (κ2) is 6.28. The first kappa shape index (κ1) is 15.5. The molecule has 1 unspecified atom stereocenters. The van der Waals surface area contributed by atoms with Crippen molar-refractivity contribution < 1.29 is 8.42 Å². The Bertz CT molecular complexity index is 727. The molecular weight excluding hydrogens is 284 g/mol. The number of hydrogen-bond donors (Lipinski definition) is 2. The summed E-state index contributed by atoms with van der Waals surface area (Å²) in [5.74, 6) is 0. The minimum Gasteiger partial charge on any atom is -0.379 e. The first-order chi connectivity index (χ1) is 9.90. The lowest BCUT2D eigenvalue weighted by atomic mass is 10.1. The summed E-state index contributed by atoms with van der Waals surface area (Å²) >= 11 is 0. The summed E-state index contributed by atoms with van der Waals surface area (Å²) in [6.45, 7) is 4.10. The lowest BCUT2D eigenvalue weighted by molar-refractivity contribution is 0.597. The molecular formula is C16H20N2O2S. The van der Waals surface area contributed by atoms with Crippen molar-refractivity contribution in [2.24, 2.45) is 5.14 Å². The second-order valence-electron chi connectivity index (χ2n) is 5.04. The zero-order valence-corrected chi connectivity index (χ0v) is 13.0. The van der Waals surface area contributed by atoms with E-state index in [0.29, 0.717) is 0 Å². The Balaban J connectivity index is 2.22. The fourth-order valence-electron chi connectivity index (χ4n) is 2.18. The van der Waals surface area contributed by atoms with Crippen molar-refractivity contribution in [1.29, 1.82) is 0 Å². The zero-order valence-electron chi connectivity index (χ0n) is 12.2. The summed E-state index contributed by atoms with van der Waals surface area (Å²) in [6, 6.07) is 14.9. The molecule has 0 bridgehead atoms. The average Bonchev–Trinajstić information content (AvgIpc) is 2.46. The SMILES string of the molecule is CCc1cccc(NC(C)c2cccc(S(N)(=O)=O)c2)c1. The molecule has 2 aromatic rings. The molecule has 2 aromatic carbocycles. The number of aryl methyl sites for hydroxylation is 1. The fourth-order valence-corrected chi connectivity index (χ4v) is 2.74. The topological polar surface area (TPSA) is 72.2 Å². The molecule has 0 fully saturated rings. The van der Waals surface area contributed by atoms with Gasteiger partial charge in [0.2, 0.25) is 10.0 Å². The number of anilines is 1. The molecule has 0 aliphatic rings. The summed E-state index contributed by atoms with van der Waals surface area (Å²) in [6.07, 6.45) is 0.977. The van der Waals surface area contributed by atoms with Crippen molar-refractivity contribution in [3.63, 3.8) is 0 Å². The molecule has 0 radical (unpaired) electrons. The van der Waals surface area contributed by atoms with Gasteiger partial charge in [-0.2, -0.15) is 0 Å². The van der Waals surface area contributed by atoms with Crippen LogP contribution in [0.25, 0.3) is 0 Å². The van der Waals surface area contributed by atoms with Crippen molar-refractivity contribution in [3.8, 4) is 0 Å². The molecule has 0 saturated heterocycles. The Kier molecular flexibility index (Phi) is 4.65. The molecule has 3 N–H and O–H groups in total. The predicted molar refractivity (Wildman–Crippen MR) is 85.7 cm³/mol. The van der Waals surface area contributed by atoms with E-state index in [0.717, 1.165) is 17.7 Å². The maximum atomic E-state index is 11.4. The third-order valence-corrected chi connectivity index (χ3v) is 4.32. The molecule has 21 heavy (non-hydrogen) atoms. The quantitative estimate of drug-likeness (QED) is 0.891. The van der Waals surface area contributed by atoms with Gasteiger partial charge < -0.3 is 5.32 Å². The molecule has 0 saturated carbocycles. The van der Waals surface area contributed by atoms with Gasteiger partial charge in [0, 0.05) is 11.7 Å². The van der Waals surface area contributed by atoms with Crippen LogP contribution >= 0.6 is 0 Å². The highest BCUT2D eigenvalue weighted by Crippen LogP contribution is 2.22. The smallest absolute Gasteiger partial charge is 0.238 e. The standard InChI is InChI=1S/C16H20N2O2S/c1-3-13-6-4-8-15(10-13)18-12(2)14-7-5-9-16(11-14)21(17,19)20/h4-12,18H,3H2,1-2H3,(H2,17,19,20). The molecule has 0 aliphatic heterocycles. The number of rotatable bonds is 5. The normalized spacial score (nSPS) is 12.9.